The monoisotopic (exact) mass is 320 g/mol. The molecule has 1 aliphatic rings. The molecule has 0 saturated heterocycles. The number of carbonyl (C=O) groups is 1. The third-order valence-electron chi connectivity index (χ3n) is 3.99. The van der Waals surface area contributed by atoms with E-state index >= 15 is 0 Å². The molecule has 0 bridgehead atoms. The second-order valence-corrected chi connectivity index (χ2v) is 5.72. The van der Waals surface area contributed by atoms with Gasteiger partial charge in [0, 0.05) is 17.4 Å². The van der Waals surface area contributed by atoms with Gasteiger partial charge in [-0.25, -0.2) is 0 Å². The van der Waals surface area contributed by atoms with Gasteiger partial charge in [-0.15, -0.1) is 0 Å². The van der Waals surface area contributed by atoms with Crippen LogP contribution in [0.5, 0.6) is 0 Å². The summed E-state index contributed by atoms with van der Waals surface area (Å²) in [6.07, 6.45) is -2.76. The number of nitrogens with one attached hydrogen (secondary N) is 1. The minimum Gasteiger partial charge on any atom is -0.326 e. The number of pyridine rings is 1. The van der Waals surface area contributed by atoms with Crippen molar-refractivity contribution in [1.82, 2.24) is 4.98 Å². The van der Waals surface area contributed by atoms with Crippen LogP contribution in [0.3, 0.4) is 0 Å². The van der Waals surface area contributed by atoms with E-state index in [4.69, 9.17) is 0 Å². The highest BCUT2D eigenvalue weighted by Gasteiger charge is 2.58. The van der Waals surface area contributed by atoms with Crippen LogP contribution < -0.4 is 5.32 Å². The van der Waals surface area contributed by atoms with Crippen molar-refractivity contribution < 1.29 is 18.0 Å². The lowest BCUT2D eigenvalue weighted by molar-refractivity contribution is -0.153. The summed E-state index contributed by atoms with van der Waals surface area (Å²) in [5.74, 6) is -3.07. The van der Waals surface area contributed by atoms with E-state index in [2.05, 4.69) is 10.3 Å². The van der Waals surface area contributed by atoms with Crippen LogP contribution in [0.4, 0.5) is 18.9 Å². The highest BCUT2D eigenvalue weighted by Crippen LogP contribution is 2.50. The third-order valence-corrected chi connectivity index (χ3v) is 3.99. The second kappa shape index (κ2) is 5.68. The number of hydrogen-bond acceptors (Lipinski definition) is 2. The maximum atomic E-state index is 12.5. The quantitative estimate of drug-likeness (QED) is 0.921. The molecule has 120 valence electrons. The Morgan fingerprint density at radius 3 is 2.65 bits per heavy atom. The number of aromatic nitrogens is 1. The van der Waals surface area contributed by atoms with Gasteiger partial charge in [0.1, 0.15) is 0 Å². The van der Waals surface area contributed by atoms with Crippen LogP contribution in [-0.2, 0) is 4.79 Å². The Bertz CT molecular complexity index is 728. The molecule has 3 rings (SSSR count). The van der Waals surface area contributed by atoms with Crippen LogP contribution in [0.2, 0.25) is 0 Å². The van der Waals surface area contributed by atoms with Crippen molar-refractivity contribution in [1.29, 1.82) is 0 Å². The number of carbonyl (C=O) groups excluding carboxylic acids is 1. The fourth-order valence-electron chi connectivity index (χ4n) is 2.58. The van der Waals surface area contributed by atoms with Gasteiger partial charge in [-0.2, -0.15) is 13.2 Å². The molecule has 0 aliphatic heterocycles. The molecule has 1 unspecified atom stereocenters. The molecule has 1 fully saturated rings. The summed E-state index contributed by atoms with van der Waals surface area (Å²) >= 11 is 0. The number of aryl methyl sites for hydroxylation is 1. The van der Waals surface area contributed by atoms with Gasteiger partial charge in [0.25, 0.3) is 0 Å². The van der Waals surface area contributed by atoms with E-state index < -0.39 is 23.9 Å². The first-order valence-electron chi connectivity index (χ1n) is 7.26. The van der Waals surface area contributed by atoms with E-state index in [9.17, 15) is 18.0 Å². The average molecular weight is 320 g/mol. The normalized spacial score (nSPS) is 20.2. The van der Waals surface area contributed by atoms with E-state index in [0.29, 0.717) is 5.69 Å². The molecule has 0 radical (unpaired) electrons. The number of rotatable bonds is 3. The van der Waals surface area contributed by atoms with Crippen LogP contribution in [0.15, 0.2) is 42.6 Å². The molecule has 1 N–H and O–H groups in total. The van der Waals surface area contributed by atoms with E-state index in [1.54, 1.807) is 24.4 Å². The van der Waals surface area contributed by atoms with Gasteiger partial charge in [-0.1, -0.05) is 12.1 Å². The first-order chi connectivity index (χ1) is 10.9. The Hall–Kier alpha value is -2.37. The lowest BCUT2D eigenvalue weighted by Gasteiger charge is -2.10. The fraction of sp³-hybridized carbons (Fsp3) is 0.294. The van der Waals surface area contributed by atoms with Gasteiger partial charge in [0.2, 0.25) is 5.91 Å². The molecule has 2 atom stereocenters. The summed E-state index contributed by atoms with van der Waals surface area (Å²) < 4.78 is 37.6. The van der Waals surface area contributed by atoms with Crippen LogP contribution in [0.25, 0.3) is 11.3 Å². The predicted octanol–water partition coefficient (Wildman–Crippen LogP) is 4.19. The van der Waals surface area contributed by atoms with E-state index in [1.807, 2.05) is 25.1 Å². The van der Waals surface area contributed by atoms with Crippen molar-refractivity contribution in [2.45, 2.75) is 19.5 Å². The molecule has 1 saturated carbocycles. The number of halogens is 3. The highest BCUT2D eigenvalue weighted by atomic mass is 19.4. The molecule has 1 aromatic heterocycles. The molecule has 3 nitrogen and oxygen atoms in total. The lowest BCUT2D eigenvalue weighted by Crippen LogP contribution is -2.20. The Morgan fingerprint density at radius 1 is 1.26 bits per heavy atom. The summed E-state index contributed by atoms with van der Waals surface area (Å²) in [5, 5.41) is 2.58. The Morgan fingerprint density at radius 2 is 2.04 bits per heavy atom. The number of hydrogen-bond donors (Lipinski definition) is 1. The summed E-state index contributed by atoms with van der Waals surface area (Å²) in [4.78, 5) is 16.2. The lowest BCUT2D eigenvalue weighted by atomic mass is 10.0. The van der Waals surface area contributed by atoms with Crippen LogP contribution in [0.1, 0.15) is 12.0 Å². The SMILES string of the molecule is Cc1ccc(NC(=O)[C@H]2CC2C(F)(F)F)cc1-c1ccccn1. The topological polar surface area (TPSA) is 42.0 Å². The largest absolute Gasteiger partial charge is 0.392 e. The Balaban J connectivity index is 1.76. The number of alkyl halides is 3. The zero-order valence-corrected chi connectivity index (χ0v) is 12.4. The first kappa shape index (κ1) is 15.5. The van der Waals surface area contributed by atoms with Crippen molar-refractivity contribution in [3.05, 3.63) is 48.2 Å². The minimum absolute atomic E-state index is 0.131. The van der Waals surface area contributed by atoms with Gasteiger partial charge < -0.3 is 5.32 Å². The second-order valence-electron chi connectivity index (χ2n) is 5.72. The van der Waals surface area contributed by atoms with Gasteiger partial charge in [0.15, 0.2) is 0 Å². The molecule has 1 aliphatic carbocycles. The highest BCUT2D eigenvalue weighted by molar-refractivity contribution is 5.95. The molecule has 1 amide bonds. The minimum atomic E-state index is -4.30. The molecular weight excluding hydrogens is 305 g/mol. The third kappa shape index (κ3) is 3.36. The zero-order valence-electron chi connectivity index (χ0n) is 12.4. The molecule has 2 aromatic rings. The molecule has 1 aromatic carbocycles. The Labute approximate surface area is 131 Å². The molecular formula is C17H15F3N2O. The van der Waals surface area contributed by atoms with Gasteiger partial charge in [0.05, 0.1) is 17.5 Å². The van der Waals surface area contributed by atoms with E-state index in [-0.39, 0.29) is 6.42 Å². The van der Waals surface area contributed by atoms with Crippen LogP contribution >= 0.6 is 0 Å². The van der Waals surface area contributed by atoms with Gasteiger partial charge in [-0.05, 0) is 43.2 Å². The first-order valence-corrected chi connectivity index (χ1v) is 7.26. The predicted molar refractivity (Wildman–Crippen MR) is 80.7 cm³/mol. The fourth-order valence-corrected chi connectivity index (χ4v) is 2.58. The summed E-state index contributed by atoms with van der Waals surface area (Å²) in [7, 11) is 0. The molecule has 0 spiro atoms. The van der Waals surface area contributed by atoms with Crippen LogP contribution in [-0.4, -0.2) is 17.1 Å². The molecule has 1 heterocycles. The van der Waals surface area contributed by atoms with Crippen molar-refractivity contribution >= 4 is 11.6 Å². The van der Waals surface area contributed by atoms with E-state index in [1.165, 1.54) is 0 Å². The zero-order chi connectivity index (χ0) is 16.6. The van der Waals surface area contributed by atoms with Gasteiger partial charge >= 0.3 is 6.18 Å². The Kier molecular flexibility index (Phi) is 3.83. The van der Waals surface area contributed by atoms with Crippen molar-refractivity contribution in [2.75, 3.05) is 5.32 Å². The number of benzene rings is 1. The van der Waals surface area contributed by atoms with Crippen LogP contribution in [0, 0.1) is 18.8 Å². The average Bonchev–Trinajstić information content (AvgIpc) is 3.31. The van der Waals surface area contributed by atoms with Crippen molar-refractivity contribution in [3.8, 4) is 11.3 Å². The number of amides is 1. The molecule has 6 heteroatoms. The smallest absolute Gasteiger partial charge is 0.326 e. The maximum absolute atomic E-state index is 12.5. The van der Waals surface area contributed by atoms with Gasteiger partial charge in [-0.3, -0.25) is 9.78 Å². The number of nitrogens with zero attached hydrogens (tertiary/aromatic N) is 1. The summed E-state index contributed by atoms with van der Waals surface area (Å²) in [6, 6.07) is 10.7. The maximum Gasteiger partial charge on any atom is 0.392 e. The summed E-state index contributed by atoms with van der Waals surface area (Å²) in [6.45, 7) is 1.91. The van der Waals surface area contributed by atoms with E-state index in [0.717, 1.165) is 16.8 Å². The standard InChI is InChI=1S/C17H15F3N2O/c1-10-5-6-11(8-12(10)15-4-2-3-7-21-15)22-16(23)13-9-14(13)17(18,19)20/h2-8,13-14H,9H2,1H3,(H,22,23)/t13-,14?/m0/s1. The molecule has 23 heavy (non-hydrogen) atoms. The number of anilines is 1. The van der Waals surface area contributed by atoms with Crippen molar-refractivity contribution in [3.63, 3.8) is 0 Å². The summed E-state index contributed by atoms with van der Waals surface area (Å²) in [5.41, 5.74) is 3.04. The van der Waals surface area contributed by atoms with Crippen molar-refractivity contribution in [2.24, 2.45) is 11.8 Å².